The summed E-state index contributed by atoms with van der Waals surface area (Å²) in [5, 5.41) is 2.98. The van der Waals surface area contributed by atoms with Gasteiger partial charge in [-0.15, -0.1) is 0 Å². The molecule has 0 saturated carbocycles. The quantitative estimate of drug-likeness (QED) is 0.906. The van der Waals surface area contributed by atoms with Crippen LogP contribution in [0.5, 0.6) is 11.5 Å². The Labute approximate surface area is 147 Å². The molecular weight excluding hydrogens is 318 g/mol. The predicted octanol–water partition coefficient (Wildman–Crippen LogP) is 2.84. The van der Waals surface area contributed by atoms with Crippen LogP contribution in [-0.2, 0) is 9.53 Å². The molecule has 1 aliphatic heterocycles. The summed E-state index contributed by atoms with van der Waals surface area (Å²) in [5.74, 6) is 1.44. The maximum Gasteiger partial charge on any atom is 0.244 e. The Hall–Kier alpha value is -2.44. The molecule has 0 bridgehead atoms. The minimum atomic E-state index is -0.244. The standard InChI is InChI=1S/C19H23N3O3/c1-3-22-10-11-24-13-17(22)19(23)21-15-4-5-18(14(2)12-15)25-16-6-8-20-9-7-16/h4-9,12,17H,3,10-11,13H2,1-2H3,(H,21,23)/t17-/m1/s1. The Bertz CT molecular complexity index is 721. The van der Waals surface area contributed by atoms with Crippen molar-refractivity contribution in [1.82, 2.24) is 9.88 Å². The summed E-state index contributed by atoms with van der Waals surface area (Å²) in [6.07, 6.45) is 3.37. The second-order valence-corrected chi connectivity index (χ2v) is 5.97. The van der Waals surface area contributed by atoms with Gasteiger partial charge in [0.2, 0.25) is 5.91 Å². The minimum absolute atomic E-state index is 0.0382. The molecule has 6 nitrogen and oxygen atoms in total. The molecule has 0 radical (unpaired) electrons. The van der Waals surface area contributed by atoms with Crippen molar-refractivity contribution in [3.05, 3.63) is 48.3 Å². The van der Waals surface area contributed by atoms with Crippen LogP contribution in [0.2, 0.25) is 0 Å². The van der Waals surface area contributed by atoms with Gasteiger partial charge in [0.15, 0.2) is 0 Å². The highest BCUT2D eigenvalue weighted by Gasteiger charge is 2.28. The fraction of sp³-hybridized carbons (Fsp3) is 0.368. The van der Waals surface area contributed by atoms with E-state index in [-0.39, 0.29) is 11.9 Å². The number of hydrogen-bond donors (Lipinski definition) is 1. The molecule has 1 aliphatic rings. The molecule has 132 valence electrons. The number of pyridine rings is 1. The van der Waals surface area contributed by atoms with E-state index in [1.54, 1.807) is 24.5 Å². The zero-order valence-corrected chi connectivity index (χ0v) is 14.6. The molecule has 2 aromatic rings. The molecule has 0 aliphatic carbocycles. The number of morpholine rings is 1. The van der Waals surface area contributed by atoms with Crippen LogP contribution in [0.3, 0.4) is 0 Å². The Morgan fingerprint density at radius 3 is 2.88 bits per heavy atom. The number of rotatable bonds is 5. The lowest BCUT2D eigenvalue weighted by Crippen LogP contribution is -2.51. The summed E-state index contributed by atoms with van der Waals surface area (Å²) < 4.78 is 11.3. The van der Waals surface area contributed by atoms with E-state index in [1.165, 1.54) is 0 Å². The highest BCUT2D eigenvalue weighted by Crippen LogP contribution is 2.27. The fourth-order valence-electron chi connectivity index (χ4n) is 2.86. The molecule has 1 amide bonds. The number of likely N-dealkylation sites (N-methyl/N-ethyl adjacent to an activating group) is 1. The molecule has 25 heavy (non-hydrogen) atoms. The third kappa shape index (κ3) is 4.35. The molecule has 0 spiro atoms. The first-order chi connectivity index (χ1) is 12.2. The lowest BCUT2D eigenvalue weighted by molar-refractivity contribution is -0.127. The SMILES string of the molecule is CCN1CCOC[C@@H]1C(=O)Nc1ccc(Oc2ccncc2)c(C)c1. The second-order valence-electron chi connectivity index (χ2n) is 5.97. The van der Waals surface area contributed by atoms with Gasteiger partial charge in [-0.2, -0.15) is 0 Å². The Balaban J connectivity index is 1.67. The van der Waals surface area contributed by atoms with Gasteiger partial charge >= 0.3 is 0 Å². The van der Waals surface area contributed by atoms with Crippen LogP contribution in [0, 0.1) is 6.92 Å². The Morgan fingerprint density at radius 1 is 1.36 bits per heavy atom. The topological polar surface area (TPSA) is 63.7 Å². The number of carbonyl (C=O) groups excluding carboxylic acids is 1. The van der Waals surface area contributed by atoms with Gasteiger partial charge in [0, 0.05) is 24.6 Å². The number of nitrogens with one attached hydrogen (secondary N) is 1. The smallest absolute Gasteiger partial charge is 0.244 e. The molecule has 1 atom stereocenters. The first-order valence-electron chi connectivity index (χ1n) is 8.48. The van der Waals surface area contributed by atoms with E-state index < -0.39 is 0 Å². The summed E-state index contributed by atoms with van der Waals surface area (Å²) in [5.41, 5.74) is 1.70. The molecule has 1 N–H and O–H groups in total. The average Bonchev–Trinajstić information content (AvgIpc) is 2.64. The van der Waals surface area contributed by atoms with Crippen LogP contribution in [0.15, 0.2) is 42.7 Å². The van der Waals surface area contributed by atoms with Crippen molar-refractivity contribution in [2.24, 2.45) is 0 Å². The van der Waals surface area contributed by atoms with Crippen LogP contribution in [0.25, 0.3) is 0 Å². The summed E-state index contributed by atoms with van der Waals surface area (Å²) in [4.78, 5) is 18.7. The molecule has 1 aromatic carbocycles. The first kappa shape index (κ1) is 17.4. The molecule has 1 fully saturated rings. The van der Waals surface area contributed by atoms with Crippen LogP contribution >= 0.6 is 0 Å². The zero-order chi connectivity index (χ0) is 17.6. The number of carbonyl (C=O) groups is 1. The lowest BCUT2D eigenvalue weighted by atomic mass is 10.1. The van der Waals surface area contributed by atoms with Crippen molar-refractivity contribution in [2.75, 3.05) is 31.6 Å². The van der Waals surface area contributed by atoms with Gasteiger partial charge < -0.3 is 14.8 Å². The maximum atomic E-state index is 12.6. The van der Waals surface area contributed by atoms with E-state index in [0.717, 1.165) is 35.8 Å². The van der Waals surface area contributed by atoms with Crippen LogP contribution in [0.1, 0.15) is 12.5 Å². The average molecular weight is 341 g/mol. The molecule has 0 unspecified atom stereocenters. The number of aromatic nitrogens is 1. The Morgan fingerprint density at radius 2 is 2.16 bits per heavy atom. The van der Waals surface area contributed by atoms with E-state index in [4.69, 9.17) is 9.47 Å². The zero-order valence-electron chi connectivity index (χ0n) is 14.6. The molecule has 6 heteroatoms. The van der Waals surface area contributed by atoms with Gasteiger partial charge in [-0.05, 0) is 49.4 Å². The van der Waals surface area contributed by atoms with Crippen LogP contribution in [0.4, 0.5) is 5.69 Å². The third-order valence-corrected chi connectivity index (χ3v) is 4.27. The van der Waals surface area contributed by atoms with Crippen molar-refractivity contribution in [1.29, 1.82) is 0 Å². The summed E-state index contributed by atoms with van der Waals surface area (Å²) in [7, 11) is 0. The molecular formula is C19H23N3O3. The third-order valence-electron chi connectivity index (χ3n) is 4.27. The van der Waals surface area contributed by atoms with Gasteiger partial charge in [-0.25, -0.2) is 0 Å². The van der Waals surface area contributed by atoms with Crippen LogP contribution < -0.4 is 10.1 Å². The molecule has 1 saturated heterocycles. The Kier molecular flexibility index (Phi) is 5.63. The number of anilines is 1. The summed E-state index contributed by atoms with van der Waals surface area (Å²) >= 11 is 0. The summed E-state index contributed by atoms with van der Waals surface area (Å²) in [6.45, 7) is 6.74. The van der Waals surface area contributed by atoms with Crippen molar-refractivity contribution >= 4 is 11.6 Å². The van der Waals surface area contributed by atoms with E-state index in [9.17, 15) is 4.79 Å². The van der Waals surface area contributed by atoms with Gasteiger partial charge in [0.05, 0.1) is 13.2 Å². The molecule has 3 rings (SSSR count). The number of hydrogen-bond acceptors (Lipinski definition) is 5. The largest absolute Gasteiger partial charge is 0.457 e. The van der Waals surface area contributed by atoms with Gasteiger partial charge in [0.1, 0.15) is 17.5 Å². The van der Waals surface area contributed by atoms with E-state index >= 15 is 0 Å². The predicted molar refractivity (Wildman–Crippen MR) is 96.0 cm³/mol. The highest BCUT2D eigenvalue weighted by atomic mass is 16.5. The number of benzene rings is 1. The monoisotopic (exact) mass is 341 g/mol. The first-order valence-corrected chi connectivity index (χ1v) is 8.48. The van der Waals surface area contributed by atoms with Crippen molar-refractivity contribution < 1.29 is 14.3 Å². The number of amides is 1. The van der Waals surface area contributed by atoms with Crippen LogP contribution in [-0.4, -0.2) is 48.1 Å². The lowest BCUT2D eigenvalue weighted by Gasteiger charge is -2.33. The van der Waals surface area contributed by atoms with Crippen molar-refractivity contribution in [3.63, 3.8) is 0 Å². The van der Waals surface area contributed by atoms with Crippen molar-refractivity contribution in [2.45, 2.75) is 19.9 Å². The summed E-state index contributed by atoms with van der Waals surface area (Å²) in [6, 6.07) is 8.98. The van der Waals surface area contributed by atoms with E-state index in [2.05, 4.69) is 22.1 Å². The minimum Gasteiger partial charge on any atom is -0.457 e. The van der Waals surface area contributed by atoms with Crippen molar-refractivity contribution in [3.8, 4) is 11.5 Å². The molecule has 1 aromatic heterocycles. The van der Waals surface area contributed by atoms with Gasteiger partial charge in [-0.3, -0.25) is 14.7 Å². The normalized spacial score (nSPS) is 17.9. The fourth-order valence-corrected chi connectivity index (χ4v) is 2.86. The number of aryl methyl sites for hydroxylation is 1. The highest BCUT2D eigenvalue weighted by molar-refractivity contribution is 5.95. The van der Waals surface area contributed by atoms with E-state index in [0.29, 0.717) is 13.2 Å². The van der Waals surface area contributed by atoms with E-state index in [1.807, 2.05) is 25.1 Å². The molecule has 2 heterocycles. The van der Waals surface area contributed by atoms with Gasteiger partial charge in [-0.1, -0.05) is 6.92 Å². The van der Waals surface area contributed by atoms with Gasteiger partial charge in [0.25, 0.3) is 0 Å². The number of nitrogens with zero attached hydrogens (tertiary/aromatic N) is 2. The number of ether oxygens (including phenoxy) is 2. The maximum absolute atomic E-state index is 12.6. The second kappa shape index (κ2) is 8.09.